The molecule has 0 fully saturated rings. The van der Waals surface area contributed by atoms with Gasteiger partial charge in [0, 0.05) is 41.5 Å². The molecule has 40 heavy (non-hydrogen) atoms. The maximum Gasteiger partial charge on any atom is 0.237 e. The second kappa shape index (κ2) is 10.6. The molecule has 8 nitrogen and oxygen atoms in total. The molecular formula is C31H36FN5O3. The maximum atomic E-state index is 14.6. The van der Waals surface area contributed by atoms with Crippen molar-refractivity contribution in [3.8, 4) is 0 Å². The number of benzene rings is 2. The number of hydrogen-bond acceptors (Lipinski definition) is 6. The zero-order valence-corrected chi connectivity index (χ0v) is 23.3. The van der Waals surface area contributed by atoms with Gasteiger partial charge in [0.2, 0.25) is 11.8 Å². The molecule has 5 rings (SSSR count). The quantitative estimate of drug-likeness (QED) is 0.322. The van der Waals surface area contributed by atoms with Gasteiger partial charge in [-0.2, -0.15) is 0 Å². The number of amides is 2. The van der Waals surface area contributed by atoms with Gasteiger partial charge in [-0.1, -0.05) is 45.0 Å². The monoisotopic (exact) mass is 545 g/mol. The number of carbonyl (C=O) groups is 2. The van der Waals surface area contributed by atoms with Gasteiger partial charge in [-0.15, -0.1) is 0 Å². The number of fused-ring (bicyclic) bond motifs is 3. The average Bonchev–Trinajstić information content (AvgIpc) is 3.41. The molecule has 2 unspecified atom stereocenters. The van der Waals surface area contributed by atoms with Crippen LogP contribution in [0.2, 0.25) is 0 Å². The Labute approximate surface area is 234 Å². The lowest BCUT2D eigenvalue weighted by molar-refractivity contribution is -0.141. The second-order valence-corrected chi connectivity index (χ2v) is 11.8. The number of aliphatic hydroxyl groups excluding tert-OH is 1. The van der Waals surface area contributed by atoms with Crippen LogP contribution >= 0.6 is 0 Å². The number of aromatic nitrogens is 1. The lowest BCUT2D eigenvalue weighted by atomic mass is 9.79. The van der Waals surface area contributed by atoms with E-state index in [-0.39, 0.29) is 30.7 Å². The van der Waals surface area contributed by atoms with Crippen LogP contribution in [-0.4, -0.2) is 46.6 Å². The van der Waals surface area contributed by atoms with Crippen molar-refractivity contribution >= 4 is 23.3 Å². The maximum absolute atomic E-state index is 14.6. The van der Waals surface area contributed by atoms with Gasteiger partial charge in [0.15, 0.2) is 0 Å². The van der Waals surface area contributed by atoms with Gasteiger partial charge < -0.3 is 26.0 Å². The Morgan fingerprint density at radius 3 is 2.70 bits per heavy atom. The van der Waals surface area contributed by atoms with Gasteiger partial charge >= 0.3 is 0 Å². The third-order valence-corrected chi connectivity index (χ3v) is 7.77. The van der Waals surface area contributed by atoms with Crippen LogP contribution in [0.3, 0.4) is 0 Å². The molecule has 9 heteroatoms. The Hall–Kier alpha value is -3.82. The summed E-state index contributed by atoms with van der Waals surface area (Å²) in [5.41, 5.74) is 3.55. The zero-order valence-electron chi connectivity index (χ0n) is 23.3. The minimum atomic E-state index is -1.07. The Morgan fingerprint density at radius 2 is 1.95 bits per heavy atom. The van der Waals surface area contributed by atoms with E-state index in [9.17, 15) is 19.1 Å². The first kappa shape index (κ1) is 27.7. The number of nitrogens with zero attached hydrogens (tertiary/aromatic N) is 2. The van der Waals surface area contributed by atoms with Crippen molar-refractivity contribution in [2.75, 3.05) is 24.2 Å². The standard InChI is InChI=1S/C31H36FN5O3/c1-30(2,3)29(40)37(17-20-7-5-9-25(32)23(20)16-33-4)18-26(38)35-22-11-10-19-14-31(15-21(19)13-22)24-8-6-12-34-27(24)36-28(31)39/h5-13,26,33,35,38H,14-18H2,1-4H3,(H,34,36,39). The van der Waals surface area contributed by atoms with Crippen LogP contribution in [-0.2, 0) is 40.9 Å². The number of hydrogen-bond donors (Lipinski definition) is 4. The van der Waals surface area contributed by atoms with Gasteiger partial charge in [0.25, 0.3) is 0 Å². The molecule has 2 amide bonds. The molecule has 0 bridgehead atoms. The summed E-state index contributed by atoms with van der Waals surface area (Å²) in [4.78, 5) is 32.3. The minimum absolute atomic E-state index is 0.00802. The van der Waals surface area contributed by atoms with Crippen molar-refractivity contribution in [3.05, 3.63) is 88.4 Å². The highest BCUT2D eigenvalue weighted by atomic mass is 19.1. The molecule has 1 aromatic heterocycles. The minimum Gasteiger partial charge on any atom is -0.372 e. The summed E-state index contributed by atoms with van der Waals surface area (Å²) in [7, 11) is 1.75. The van der Waals surface area contributed by atoms with E-state index in [2.05, 4.69) is 20.9 Å². The van der Waals surface area contributed by atoms with Gasteiger partial charge in [0.1, 0.15) is 17.9 Å². The van der Waals surface area contributed by atoms with Crippen molar-refractivity contribution in [3.63, 3.8) is 0 Å². The van der Waals surface area contributed by atoms with E-state index < -0.39 is 17.1 Å². The van der Waals surface area contributed by atoms with Crippen LogP contribution in [0.4, 0.5) is 15.9 Å². The summed E-state index contributed by atoms with van der Waals surface area (Å²) in [6, 6.07) is 14.5. The van der Waals surface area contributed by atoms with Crippen LogP contribution in [0.25, 0.3) is 0 Å². The lowest BCUT2D eigenvalue weighted by Gasteiger charge is -2.32. The lowest BCUT2D eigenvalue weighted by Crippen LogP contribution is -2.45. The van der Waals surface area contributed by atoms with Gasteiger partial charge in [-0.25, -0.2) is 9.37 Å². The SMILES string of the molecule is CNCc1c(F)cccc1CN(CC(O)Nc1ccc2c(c1)CC1(C2)C(=O)Nc2ncccc21)C(=O)C(C)(C)C. The van der Waals surface area contributed by atoms with Crippen LogP contribution in [0.1, 0.15) is 48.6 Å². The molecule has 2 aliphatic rings. The number of anilines is 2. The van der Waals surface area contributed by atoms with E-state index >= 15 is 0 Å². The van der Waals surface area contributed by atoms with Gasteiger partial charge in [-0.05, 0) is 60.8 Å². The summed E-state index contributed by atoms with van der Waals surface area (Å²) in [6.07, 6.45) is 1.74. The number of carbonyl (C=O) groups excluding carboxylic acids is 2. The number of aliphatic hydroxyl groups is 1. The van der Waals surface area contributed by atoms with E-state index in [1.165, 1.54) is 6.07 Å². The number of pyridine rings is 1. The molecule has 1 aliphatic carbocycles. The molecule has 3 aromatic rings. The molecular weight excluding hydrogens is 509 g/mol. The molecule has 0 saturated heterocycles. The van der Waals surface area contributed by atoms with E-state index in [0.29, 0.717) is 42.0 Å². The number of rotatable bonds is 8. The van der Waals surface area contributed by atoms with E-state index in [4.69, 9.17) is 0 Å². The molecule has 0 radical (unpaired) electrons. The third kappa shape index (κ3) is 5.19. The summed E-state index contributed by atoms with van der Waals surface area (Å²) in [5.74, 6) is 0.0921. The van der Waals surface area contributed by atoms with E-state index in [1.54, 1.807) is 24.2 Å². The topological polar surface area (TPSA) is 107 Å². The molecule has 4 N–H and O–H groups in total. The van der Waals surface area contributed by atoms with Gasteiger partial charge in [-0.3, -0.25) is 9.59 Å². The Balaban J connectivity index is 1.33. The third-order valence-electron chi connectivity index (χ3n) is 7.77. The Morgan fingerprint density at radius 1 is 1.18 bits per heavy atom. The van der Waals surface area contributed by atoms with Crippen molar-refractivity contribution in [1.29, 1.82) is 0 Å². The van der Waals surface area contributed by atoms with Crippen LogP contribution in [0.15, 0.2) is 54.7 Å². The van der Waals surface area contributed by atoms with Crippen molar-refractivity contribution in [2.24, 2.45) is 5.41 Å². The molecule has 2 heterocycles. The average molecular weight is 546 g/mol. The fourth-order valence-electron chi connectivity index (χ4n) is 5.83. The first-order valence-corrected chi connectivity index (χ1v) is 13.6. The number of nitrogens with one attached hydrogen (secondary N) is 3. The molecule has 1 aliphatic heterocycles. The predicted octanol–water partition coefficient (Wildman–Crippen LogP) is 3.73. The van der Waals surface area contributed by atoms with Crippen molar-refractivity contribution in [2.45, 2.75) is 58.3 Å². The van der Waals surface area contributed by atoms with Crippen LogP contribution in [0, 0.1) is 11.2 Å². The van der Waals surface area contributed by atoms with Crippen molar-refractivity contribution < 1.29 is 19.1 Å². The highest BCUT2D eigenvalue weighted by molar-refractivity contribution is 6.06. The van der Waals surface area contributed by atoms with Gasteiger partial charge in [0.05, 0.1) is 12.0 Å². The molecule has 210 valence electrons. The Kier molecular flexibility index (Phi) is 7.37. The van der Waals surface area contributed by atoms with Crippen LogP contribution in [0.5, 0.6) is 0 Å². The zero-order chi connectivity index (χ0) is 28.7. The first-order valence-electron chi connectivity index (χ1n) is 13.6. The largest absolute Gasteiger partial charge is 0.372 e. The molecule has 0 saturated carbocycles. The first-order chi connectivity index (χ1) is 19.0. The predicted molar refractivity (Wildman–Crippen MR) is 152 cm³/mol. The van der Waals surface area contributed by atoms with Crippen molar-refractivity contribution in [1.82, 2.24) is 15.2 Å². The fraction of sp³-hybridized carbons (Fsp3) is 0.387. The summed E-state index contributed by atoms with van der Waals surface area (Å²) >= 11 is 0. The smallest absolute Gasteiger partial charge is 0.237 e. The normalized spacial score (nSPS) is 18.3. The summed E-state index contributed by atoms with van der Waals surface area (Å²) in [5, 5.41) is 20.1. The highest BCUT2D eigenvalue weighted by Gasteiger charge is 2.51. The summed E-state index contributed by atoms with van der Waals surface area (Å²) < 4.78 is 14.6. The van der Waals surface area contributed by atoms with E-state index in [1.807, 2.05) is 57.2 Å². The summed E-state index contributed by atoms with van der Waals surface area (Å²) in [6.45, 7) is 5.98. The van der Waals surface area contributed by atoms with Crippen LogP contribution < -0.4 is 16.0 Å². The Bertz CT molecular complexity index is 1450. The second-order valence-electron chi connectivity index (χ2n) is 11.8. The van der Waals surface area contributed by atoms with E-state index in [0.717, 1.165) is 16.7 Å². The highest BCUT2D eigenvalue weighted by Crippen LogP contribution is 2.47. The molecule has 2 aromatic carbocycles. The molecule has 1 spiro atoms. The number of halogens is 1. The fourth-order valence-corrected chi connectivity index (χ4v) is 5.83. The molecule has 2 atom stereocenters.